The normalized spacial score (nSPS) is 9.24. The second-order valence-electron chi connectivity index (χ2n) is 3.33. The van der Waals surface area contributed by atoms with Crippen molar-refractivity contribution >= 4 is 35.6 Å². The van der Waals surface area contributed by atoms with Gasteiger partial charge in [0.1, 0.15) is 5.82 Å². The summed E-state index contributed by atoms with van der Waals surface area (Å²) in [6.07, 6.45) is 0. The highest BCUT2D eigenvalue weighted by Crippen LogP contribution is 2.10. The van der Waals surface area contributed by atoms with Crippen molar-refractivity contribution in [2.24, 2.45) is 0 Å². The molecule has 0 saturated carbocycles. The number of nitrogens with one attached hydrogen (secondary N) is 1. The minimum Gasteiger partial charge on any atom is -0.322 e. The van der Waals surface area contributed by atoms with Crippen molar-refractivity contribution in [3.05, 3.63) is 66.0 Å². The lowest BCUT2D eigenvalue weighted by atomic mass is 10.2. The van der Waals surface area contributed by atoms with E-state index in [4.69, 9.17) is 0 Å². The molecule has 88 valence electrons. The van der Waals surface area contributed by atoms with Gasteiger partial charge in [-0.3, -0.25) is 4.79 Å². The second-order valence-corrected chi connectivity index (χ2v) is 3.33. The van der Waals surface area contributed by atoms with Gasteiger partial charge in [0.15, 0.2) is 0 Å². The van der Waals surface area contributed by atoms with Crippen LogP contribution in [0.4, 0.5) is 10.1 Å². The molecule has 0 bridgehead atoms. The number of carbonyl (C=O) groups excluding carboxylic acids is 1. The van der Waals surface area contributed by atoms with E-state index in [0.29, 0.717) is 11.3 Å². The van der Waals surface area contributed by atoms with E-state index >= 15 is 0 Å². The van der Waals surface area contributed by atoms with E-state index in [2.05, 4.69) is 5.32 Å². The summed E-state index contributed by atoms with van der Waals surface area (Å²) in [6, 6.07) is 14.5. The third kappa shape index (κ3) is 3.81. The van der Waals surface area contributed by atoms with Crippen LogP contribution in [0.1, 0.15) is 10.4 Å². The van der Waals surface area contributed by atoms with Crippen molar-refractivity contribution in [3.63, 3.8) is 0 Å². The monoisotopic (exact) mass is 343 g/mol. The van der Waals surface area contributed by atoms with Gasteiger partial charge in [0.05, 0.1) is 0 Å². The number of halogens is 2. The molecule has 2 aromatic carbocycles. The topological polar surface area (TPSA) is 29.1 Å². The standard InChI is InChI=1S/C13H10FNO.HI/c14-11-6-8-12(9-7-11)15-13(16)10-4-2-1-3-5-10;/h1-9H,(H,15,16);1H. The summed E-state index contributed by atoms with van der Waals surface area (Å²) in [7, 11) is 0. The average molecular weight is 343 g/mol. The molecule has 4 heteroatoms. The number of hydrogen-bond donors (Lipinski definition) is 1. The van der Waals surface area contributed by atoms with Gasteiger partial charge < -0.3 is 5.32 Å². The zero-order valence-corrected chi connectivity index (χ0v) is 11.2. The third-order valence-corrected chi connectivity index (χ3v) is 2.14. The van der Waals surface area contributed by atoms with Crippen LogP contribution >= 0.6 is 24.0 Å². The lowest BCUT2D eigenvalue weighted by molar-refractivity contribution is 0.102. The van der Waals surface area contributed by atoms with Gasteiger partial charge in [0, 0.05) is 11.3 Å². The molecule has 0 unspecified atom stereocenters. The van der Waals surface area contributed by atoms with E-state index in [0.717, 1.165) is 0 Å². The summed E-state index contributed by atoms with van der Waals surface area (Å²) in [4.78, 5) is 11.7. The number of benzene rings is 2. The van der Waals surface area contributed by atoms with Gasteiger partial charge in [0.25, 0.3) is 5.91 Å². The molecule has 1 N–H and O–H groups in total. The predicted molar refractivity (Wildman–Crippen MR) is 76.2 cm³/mol. The first-order chi connectivity index (χ1) is 7.75. The van der Waals surface area contributed by atoms with Crippen molar-refractivity contribution < 1.29 is 9.18 Å². The molecule has 2 aromatic rings. The number of hydrogen-bond acceptors (Lipinski definition) is 1. The average Bonchev–Trinajstić information content (AvgIpc) is 2.33. The Balaban J connectivity index is 0.00000144. The Hall–Kier alpha value is -1.43. The molecule has 0 spiro atoms. The molecule has 0 heterocycles. The molecular formula is C13H11FINO. The van der Waals surface area contributed by atoms with Crippen molar-refractivity contribution in [1.82, 2.24) is 0 Å². The molecule has 0 fully saturated rings. The van der Waals surface area contributed by atoms with Crippen LogP contribution < -0.4 is 5.32 Å². The third-order valence-electron chi connectivity index (χ3n) is 2.14. The van der Waals surface area contributed by atoms with E-state index < -0.39 is 0 Å². The Morgan fingerprint density at radius 2 is 1.53 bits per heavy atom. The largest absolute Gasteiger partial charge is 0.322 e. The van der Waals surface area contributed by atoms with Crippen molar-refractivity contribution in [2.45, 2.75) is 0 Å². The van der Waals surface area contributed by atoms with Gasteiger partial charge in [-0.1, -0.05) is 18.2 Å². The SMILES string of the molecule is I.O=C(Nc1ccc(F)cc1)c1ccccc1. The molecule has 0 saturated heterocycles. The summed E-state index contributed by atoms with van der Waals surface area (Å²) in [5.74, 6) is -0.523. The molecule has 0 atom stereocenters. The quantitative estimate of drug-likeness (QED) is 0.828. The highest BCUT2D eigenvalue weighted by Gasteiger charge is 2.04. The van der Waals surface area contributed by atoms with Gasteiger partial charge in [-0.15, -0.1) is 24.0 Å². The highest BCUT2D eigenvalue weighted by molar-refractivity contribution is 14.0. The number of anilines is 1. The van der Waals surface area contributed by atoms with Gasteiger partial charge in [-0.05, 0) is 36.4 Å². The Bertz CT molecular complexity index is 485. The molecule has 0 aromatic heterocycles. The van der Waals surface area contributed by atoms with Gasteiger partial charge in [-0.25, -0.2) is 4.39 Å². The maximum atomic E-state index is 12.6. The summed E-state index contributed by atoms with van der Waals surface area (Å²) in [5, 5.41) is 2.68. The van der Waals surface area contributed by atoms with E-state index in [9.17, 15) is 9.18 Å². The van der Waals surface area contributed by atoms with Crippen LogP contribution in [0.2, 0.25) is 0 Å². The summed E-state index contributed by atoms with van der Waals surface area (Å²) < 4.78 is 12.6. The van der Waals surface area contributed by atoms with Crippen LogP contribution in [0.5, 0.6) is 0 Å². The number of amides is 1. The van der Waals surface area contributed by atoms with Gasteiger partial charge in [-0.2, -0.15) is 0 Å². The van der Waals surface area contributed by atoms with Crippen LogP contribution in [-0.2, 0) is 0 Å². The lowest BCUT2D eigenvalue weighted by Gasteiger charge is -2.04. The lowest BCUT2D eigenvalue weighted by Crippen LogP contribution is -2.11. The van der Waals surface area contributed by atoms with Crippen molar-refractivity contribution in [3.8, 4) is 0 Å². The van der Waals surface area contributed by atoms with Crippen LogP contribution in [0.3, 0.4) is 0 Å². The summed E-state index contributed by atoms with van der Waals surface area (Å²) >= 11 is 0. The zero-order valence-electron chi connectivity index (χ0n) is 8.89. The minimum absolute atomic E-state index is 0. The maximum absolute atomic E-state index is 12.6. The minimum atomic E-state index is -0.322. The van der Waals surface area contributed by atoms with Crippen LogP contribution in [0.25, 0.3) is 0 Å². The first kappa shape index (κ1) is 13.6. The smallest absolute Gasteiger partial charge is 0.255 e. The van der Waals surface area contributed by atoms with Crippen LogP contribution in [0.15, 0.2) is 54.6 Å². The molecular weight excluding hydrogens is 332 g/mol. The molecule has 2 nitrogen and oxygen atoms in total. The van der Waals surface area contributed by atoms with E-state index in [1.54, 1.807) is 24.3 Å². The first-order valence-corrected chi connectivity index (χ1v) is 4.88. The summed E-state index contributed by atoms with van der Waals surface area (Å²) in [5.41, 5.74) is 1.15. The predicted octanol–water partition coefficient (Wildman–Crippen LogP) is 3.70. The molecule has 0 aliphatic heterocycles. The van der Waals surface area contributed by atoms with E-state index in [-0.39, 0.29) is 35.7 Å². The van der Waals surface area contributed by atoms with E-state index in [1.807, 2.05) is 6.07 Å². The fourth-order valence-electron chi connectivity index (χ4n) is 1.33. The Morgan fingerprint density at radius 3 is 2.12 bits per heavy atom. The van der Waals surface area contributed by atoms with Crippen molar-refractivity contribution in [1.29, 1.82) is 0 Å². The number of rotatable bonds is 2. The number of carbonyl (C=O) groups is 1. The van der Waals surface area contributed by atoms with Crippen molar-refractivity contribution in [2.75, 3.05) is 5.32 Å². The van der Waals surface area contributed by atoms with E-state index in [1.165, 1.54) is 24.3 Å². The highest BCUT2D eigenvalue weighted by atomic mass is 127. The Kier molecular flexibility index (Phi) is 5.09. The fourth-order valence-corrected chi connectivity index (χ4v) is 1.33. The molecule has 2 rings (SSSR count). The van der Waals surface area contributed by atoms with Crippen LogP contribution in [0, 0.1) is 5.82 Å². The second kappa shape index (κ2) is 6.34. The molecule has 0 aliphatic rings. The van der Waals surface area contributed by atoms with Gasteiger partial charge >= 0.3 is 0 Å². The molecule has 1 amide bonds. The van der Waals surface area contributed by atoms with Gasteiger partial charge in [0.2, 0.25) is 0 Å². The molecule has 0 radical (unpaired) electrons. The fraction of sp³-hybridized carbons (Fsp3) is 0. The Labute approximate surface area is 116 Å². The maximum Gasteiger partial charge on any atom is 0.255 e. The zero-order chi connectivity index (χ0) is 11.4. The van der Waals surface area contributed by atoms with Crippen LogP contribution in [-0.4, -0.2) is 5.91 Å². The molecule has 17 heavy (non-hydrogen) atoms. The summed E-state index contributed by atoms with van der Waals surface area (Å²) in [6.45, 7) is 0. The molecule has 0 aliphatic carbocycles. The Morgan fingerprint density at radius 1 is 0.941 bits per heavy atom. The first-order valence-electron chi connectivity index (χ1n) is 4.88.